The van der Waals surface area contributed by atoms with Crippen molar-refractivity contribution in [2.75, 3.05) is 5.32 Å². The topological polar surface area (TPSA) is 82.2 Å². The molecule has 4 aromatic rings. The first-order chi connectivity index (χ1) is 15.8. The number of hydrogen-bond acceptors (Lipinski definition) is 5. The zero-order chi connectivity index (χ0) is 23.5. The van der Waals surface area contributed by atoms with Crippen LogP contribution in [-0.4, -0.2) is 20.8 Å². The normalized spacial score (nSPS) is 10.9. The maximum Gasteiger partial charge on any atom is 0.278 e. The number of carbonyl (C=O) groups excluding carboxylic acids is 1. The zero-order valence-electron chi connectivity index (χ0n) is 18.4. The Hall–Kier alpha value is -3.65. The Morgan fingerprint density at radius 2 is 2.00 bits per heavy atom. The second kappa shape index (κ2) is 9.46. The third-order valence-electron chi connectivity index (χ3n) is 5.30. The molecule has 1 amide bonds. The van der Waals surface area contributed by atoms with Crippen molar-refractivity contribution >= 4 is 23.2 Å². The molecule has 2 heterocycles. The molecule has 0 radical (unpaired) electrons. The molecule has 0 saturated heterocycles. The van der Waals surface area contributed by atoms with Gasteiger partial charge in [-0.25, -0.2) is 4.39 Å². The molecule has 0 aliphatic heterocycles. The Balaban J connectivity index is 1.43. The number of anilines is 1. The monoisotopic (exact) mass is 468 g/mol. The molecule has 0 fully saturated rings. The number of benzene rings is 2. The van der Waals surface area contributed by atoms with E-state index >= 15 is 0 Å². The van der Waals surface area contributed by atoms with Crippen molar-refractivity contribution in [3.63, 3.8) is 0 Å². The molecule has 0 spiro atoms. The Labute approximate surface area is 195 Å². The van der Waals surface area contributed by atoms with Crippen molar-refractivity contribution in [1.29, 1.82) is 0 Å². The number of amides is 1. The molecule has 4 rings (SSSR count). The predicted octanol–water partition coefficient (Wildman–Crippen LogP) is 5.47. The van der Waals surface area contributed by atoms with Gasteiger partial charge in [-0.15, -0.1) is 0 Å². The third-order valence-corrected chi connectivity index (χ3v) is 5.65. The highest BCUT2D eigenvalue weighted by Crippen LogP contribution is 2.22. The number of aromatic nitrogens is 3. The van der Waals surface area contributed by atoms with Crippen LogP contribution < -0.4 is 10.1 Å². The average molecular weight is 469 g/mol. The molecule has 0 aliphatic rings. The quantitative estimate of drug-likeness (QED) is 0.389. The van der Waals surface area contributed by atoms with Crippen LogP contribution in [0, 0.1) is 26.6 Å². The van der Waals surface area contributed by atoms with Crippen LogP contribution in [0.3, 0.4) is 0 Å². The van der Waals surface area contributed by atoms with Crippen molar-refractivity contribution in [3.05, 3.63) is 93.3 Å². The number of aryl methyl sites for hydroxylation is 3. The maximum atomic E-state index is 13.2. The van der Waals surface area contributed by atoms with Crippen LogP contribution in [0.25, 0.3) is 0 Å². The van der Waals surface area contributed by atoms with E-state index in [1.54, 1.807) is 23.9 Å². The zero-order valence-corrected chi connectivity index (χ0v) is 19.1. The van der Waals surface area contributed by atoms with E-state index in [1.807, 2.05) is 32.0 Å². The summed E-state index contributed by atoms with van der Waals surface area (Å²) in [6.45, 7) is 6.24. The Morgan fingerprint density at radius 3 is 2.76 bits per heavy atom. The molecule has 0 bridgehead atoms. The summed E-state index contributed by atoms with van der Waals surface area (Å²) in [6.07, 6.45) is 3.16. The van der Waals surface area contributed by atoms with Crippen LogP contribution >= 0.6 is 11.6 Å². The van der Waals surface area contributed by atoms with Gasteiger partial charge >= 0.3 is 0 Å². The van der Waals surface area contributed by atoms with Gasteiger partial charge < -0.3 is 14.6 Å². The molecule has 0 aliphatic carbocycles. The number of ether oxygens (including phenoxy) is 1. The van der Waals surface area contributed by atoms with Crippen LogP contribution in [0.1, 0.15) is 38.5 Å². The van der Waals surface area contributed by atoms with Gasteiger partial charge in [0.05, 0.1) is 24.0 Å². The molecule has 170 valence electrons. The van der Waals surface area contributed by atoms with E-state index in [1.165, 1.54) is 23.9 Å². The lowest BCUT2D eigenvalue weighted by atomic mass is 10.1. The third kappa shape index (κ3) is 5.23. The first kappa shape index (κ1) is 22.5. The highest BCUT2D eigenvalue weighted by Gasteiger charge is 2.21. The van der Waals surface area contributed by atoms with Crippen molar-refractivity contribution in [1.82, 2.24) is 14.9 Å². The summed E-state index contributed by atoms with van der Waals surface area (Å²) in [6, 6.07) is 9.98. The van der Waals surface area contributed by atoms with Gasteiger partial charge in [0.15, 0.2) is 5.69 Å². The highest BCUT2D eigenvalue weighted by molar-refractivity contribution is 6.31. The van der Waals surface area contributed by atoms with E-state index in [2.05, 4.69) is 15.6 Å². The van der Waals surface area contributed by atoms with Crippen molar-refractivity contribution in [3.8, 4) is 5.75 Å². The van der Waals surface area contributed by atoms with Crippen LogP contribution in [0.5, 0.6) is 5.75 Å². The maximum absolute atomic E-state index is 13.2. The van der Waals surface area contributed by atoms with Crippen molar-refractivity contribution in [2.24, 2.45) is 0 Å². The summed E-state index contributed by atoms with van der Waals surface area (Å²) in [7, 11) is 0. The van der Waals surface area contributed by atoms with Gasteiger partial charge in [-0.05, 0) is 61.7 Å². The first-order valence-corrected chi connectivity index (χ1v) is 10.6. The summed E-state index contributed by atoms with van der Waals surface area (Å²) in [5.41, 5.74) is 4.18. The SMILES string of the molecule is Cc1ccc(OCc2c(C(=O)Nc3cnn(Cc4ccc(F)cc4Cl)c3)noc2C)cc1C. The van der Waals surface area contributed by atoms with Crippen LogP contribution in [0.2, 0.25) is 5.02 Å². The molecule has 0 unspecified atom stereocenters. The number of rotatable bonds is 7. The fraction of sp³-hybridized carbons (Fsp3) is 0.208. The lowest BCUT2D eigenvalue weighted by molar-refractivity contribution is 0.101. The number of halogens is 2. The molecular formula is C24H22ClFN4O3. The molecule has 1 N–H and O–H groups in total. The number of nitrogens with zero attached hydrogens (tertiary/aromatic N) is 3. The van der Waals surface area contributed by atoms with Gasteiger partial charge in [0.1, 0.15) is 23.9 Å². The largest absolute Gasteiger partial charge is 0.489 e. The van der Waals surface area contributed by atoms with Gasteiger partial charge in [0, 0.05) is 11.2 Å². The Kier molecular flexibility index (Phi) is 6.46. The van der Waals surface area contributed by atoms with Gasteiger partial charge in [-0.1, -0.05) is 28.9 Å². The number of carbonyl (C=O) groups is 1. The minimum absolute atomic E-state index is 0.142. The molecule has 0 atom stereocenters. The summed E-state index contributed by atoms with van der Waals surface area (Å²) in [5.74, 6) is 0.360. The first-order valence-electron chi connectivity index (χ1n) is 10.2. The molecule has 7 nitrogen and oxygen atoms in total. The van der Waals surface area contributed by atoms with Crippen molar-refractivity contribution < 1.29 is 18.4 Å². The van der Waals surface area contributed by atoms with Gasteiger partial charge in [0.2, 0.25) is 0 Å². The lowest BCUT2D eigenvalue weighted by Crippen LogP contribution is -2.15. The molecule has 33 heavy (non-hydrogen) atoms. The summed E-state index contributed by atoms with van der Waals surface area (Å²) < 4.78 is 25.9. The van der Waals surface area contributed by atoms with E-state index in [0.29, 0.717) is 39.9 Å². The van der Waals surface area contributed by atoms with Crippen LogP contribution in [0.15, 0.2) is 53.3 Å². The number of nitrogens with one attached hydrogen (secondary N) is 1. The second-order valence-electron chi connectivity index (χ2n) is 7.72. The molecule has 2 aromatic carbocycles. The predicted molar refractivity (Wildman–Crippen MR) is 122 cm³/mol. The summed E-state index contributed by atoms with van der Waals surface area (Å²) >= 11 is 6.08. The molecular weight excluding hydrogens is 447 g/mol. The minimum atomic E-state index is -0.440. The standard InChI is InChI=1S/C24H22ClFN4O3/c1-14-4-7-20(8-15(14)2)32-13-21-16(3)33-29-23(21)24(31)28-19-10-27-30(12-19)11-17-5-6-18(26)9-22(17)25/h4-10,12H,11,13H2,1-3H3,(H,28,31). The lowest BCUT2D eigenvalue weighted by Gasteiger charge is -2.09. The fourth-order valence-corrected chi connectivity index (χ4v) is 3.46. The van der Waals surface area contributed by atoms with E-state index in [-0.39, 0.29) is 12.3 Å². The minimum Gasteiger partial charge on any atom is -0.489 e. The highest BCUT2D eigenvalue weighted by atomic mass is 35.5. The molecule has 9 heteroatoms. The van der Waals surface area contributed by atoms with E-state index in [4.69, 9.17) is 20.9 Å². The van der Waals surface area contributed by atoms with Gasteiger partial charge in [-0.3, -0.25) is 9.48 Å². The smallest absolute Gasteiger partial charge is 0.278 e. The van der Waals surface area contributed by atoms with E-state index in [9.17, 15) is 9.18 Å². The Morgan fingerprint density at radius 1 is 1.18 bits per heavy atom. The summed E-state index contributed by atoms with van der Waals surface area (Å²) in [5, 5.41) is 11.2. The van der Waals surface area contributed by atoms with E-state index in [0.717, 1.165) is 5.56 Å². The average Bonchev–Trinajstić information content (AvgIpc) is 3.37. The van der Waals surface area contributed by atoms with Crippen molar-refractivity contribution in [2.45, 2.75) is 33.9 Å². The second-order valence-corrected chi connectivity index (χ2v) is 8.12. The van der Waals surface area contributed by atoms with E-state index < -0.39 is 11.7 Å². The van der Waals surface area contributed by atoms with Gasteiger partial charge in [0.25, 0.3) is 5.91 Å². The molecule has 0 saturated carbocycles. The summed E-state index contributed by atoms with van der Waals surface area (Å²) in [4.78, 5) is 12.8. The van der Waals surface area contributed by atoms with Gasteiger partial charge in [-0.2, -0.15) is 5.10 Å². The Bertz CT molecular complexity index is 1320. The molecule has 2 aromatic heterocycles. The van der Waals surface area contributed by atoms with Crippen LogP contribution in [0.4, 0.5) is 10.1 Å². The fourth-order valence-electron chi connectivity index (χ4n) is 3.23. The van der Waals surface area contributed by atoms with Crippen LogP contribution in [-0.2, 0) is 13.2 Å². The number of hydrogen-bond donors (Lipinski definition) is 1.